The molecule has 2 aromatic heterocycles. The van der Waals surface area contributed by atoms with Gasteiger partial charge in [-0.1, -0.05) is 31.3 Å². The molecule has 0 unspecified atom stereocenters. The molecule has 1 aromatic carbocycles. The maximum absolute atomic E-state index is 12.7. The van der Waals surface area contributed by atoms with Crippen molar-refractivity contribution in [1.82, 2.24) is 19.9 Å². The number of Topliss-reactive ketones (excluding diaryl/α,β-unsaturated/α-hetero) is 1. The Morgan fingerprint density at radius 1 is 1.23 bits per heavy atom. The molecule has 0 amide bonds. The van der Waals surface area contributed by atoms with Crippen LogP contribution in [0, 0.1) is 0 Å². The maximum Gasteiger partial charge on any atom is 0.277 e. The van der Waals surface area contributed by atoms with Gasteiger partial charge >= 0.3 is 0 Å². The Bertz CT molecular complexity index is 1130. The number of piperazine rings is 1. The number of carbonyl (C=O) groups is 1. The van der Waals surface area contributed by atoms with Crippen LogP contribution in [0.1, 0.15) is 30.9 Å². The predicted molar refractivity (Wildman–Crippen MR) is 120 cm³/mol. The largest absolute Gasteiger partial charge is 0.354 e. The Balaban J connectivity index is 1.76. The Morgan fingerprint density at radius 2 is 2.00 bits per heavy atom. The van der Waals surface area contributed by atoms with Crippen LogP contribution < -0.4 is 21.5 Å². The topological polar surface area (TPSA) is 106 Å². The molecule has 1 saturated heterocycles. The number of carbonyl (C=O) groups excluding carboxylic acids is 1. The lowest BCUT2D eigenvalue weighted by atomic mass is 9.96. The average molecular weight is 427 g/mol. The summed E-state index contributed by atoms with van der Waals surface area (Å²) in [6, 6.07) is 7.63. The summed E-state index contributed by atoms with van der Waals surface area (Å²) in [7, 11) is 0. The molecule has 8 nitrogen and oxygen atoms in total. The SMILES string of the molecule is CC(C)c1cc(CC(=O)CN)cc(-c2nn3c(=O)cc(N4CCNCC4)nc3s2)c1. The minimum atomic E-state index is -0.186. The molecule has 4 rings (SSSR count). The number of ketones is 1. The van der Waals surface area contributed by atoms with Crippen LogP contribution in [0.4, 0.5) is 5.82 Å². The predicted octanol–water partition coefficient (Wildman–Crippen LogP) is 1.42. The summed E-state index contributed by atoms with van der Waals surface area (Å²) in [5.41, 5.74) is 8.23. The van der Waals surface area contributed by atoms with E-state index in [1.807, 2.05) is 12.1 Å². The van der Waals surface area contributed by atoms with Crippen molar-refractivity contribution < 1.29 is 4.79 Å². The quantitative estimate of drug-likeness (QED) is 0.614. The van der Waals surface area contributed by atoms with Crippen molar-refractivity contribution in [2.75, 3.05) is 37.6 Å². The molecule has 0 aliphatic carbocycles. The van der Waals surface area contributed by atoms with Gasteiger partial charge in [-0.25, -0.2) is 4.98 Å². The number of hydrogen-bond acceptors (Lipinski definition) is 8. The molecule has 3 heterocycles. The monoisotopic (exact) mass is 426 g/mol. The zero-order valence-electron chi connectivity index (χ0n) is 17.2. The number of anilines is 1. The van der Waals surface area contributed by atoms with Crippen molar-refractivity contribution >= 4 is 27.9 Å². The normalized spacial score (nSPS) is 14.6. The van der Waals surface area contributed by atoms with E-state index in [0.29, 0.717) is 28.1 Å². The van der Waals surface area contributed by atoms with Crippen LogP contribution >= 0.6 is 11.3 Å². The van der Waals surface area contributed by atoms with Crippen LogP contribution in [0.2, 0.25) is 0 Å². The smallest absolute Gasteiger partial charge is 0.277 e. The van der Waals surface area contributed by atoms with Gasteiger partial charge in [-0.2, -0.15) is 9.61 Å². The number of hydrogen-bond donors (Lipinski definition) is 2. The highest BCUT2D eigenvalue weighted by Gasteiger charge is 2.17. The first-order valence-corrected chi connectivity index (χ1v) is 11.0. The third kappa shape index (κ3) is 4.28. The lowest BCUT2D eigenvalue weighted by Crippen LogP contribution is -2.44. The first kappa shape index (κ1) is 20.6. The molecule has 3 N–H and O–H groups in total. The van der Waals surface area contributed by atoms with Gasteiger partial charge in [0.15, 0.2) is 5.78 Å². The summed E-state index contributed by atoms with van der Waals surface area (Å²) in [4.78, 5) is 31.9. The van der Waals surface area contributed by atoms with Gasteiger partial charge in [-0.15, -0.1) is 0 Å². The van der Waals surface area contributed by atoms with E-state index in [1.165, 1.54) is 15.9 Å². The van der Waals surface area contributed by atoms with Crippen LogP contribution in [0.5, 0.6) is 0 Å². The fraction of sp³-hybridized carbons (Fsp3) is 0.429. The molecule has 0 atom stereocenters. The van der Waals surface area contributed by atoms with Gasteiger partial charge in [0, 0.05) is 44.2 Å². The summed E-state index contributed by atoms with van der Waals surface area (Å²) in [5.74, 6) is 0.984. The molecule has 30 heavy (non-hydrogen) atoms. The molecule has 158 valence electrons. The van der Waals surface area contributed by atoms with Crippen LogP contribution in [-0.4, -0.2) is 53.1 Å². The van der Waals surface area contributed by atoms with Gasteiger partial charge in [0.05, 0.1) is 6.54 Å². The molecular weight excluding hydrogens is 400 g/mol. The van der Waals surface area contributed by atoms with E-state index >= 15 is 0 Å². The summed E-state index contributed by atoms with van der Waals surface area (Å²) >= 11 is 1.39. The lowest BCUT2D eigenvalue weighted by Gasteiger charge is -2.27. The highest BCUT2D eigenvalue weighted by molar-refractivity contribution is 7.19. The summed E-state index contributed by atoms with van der Waals surface area (Å²) in [5, 5.41) is 8.54. The Labute approximate surface area is 178 Å². The van der Waals surface area contributed by atoms with Crippen LogP contribution in [0.25, 0.3) is 15.5 Å². The highest BCUT2D eigenvalue weighted by atomic mass is 32.1. The van der Waals surface area contributed by atoms with Crippen molar-refractivity contribution in [3.8, 4) is 10.6 Å². The van der Waals surface area contributed by atoms with Gasteiger partial charge in [0.2, 0.25) is 4.96 Å². The molecule has 1 fully saturated rings. The first-order valence-electron chi connectivity index (χ1n) is 10.2. The molecule has 0 bridgehead atoms. The number of nitrogens with two attached hydrogens (primary N) is 1. The van der Waals surface area contributed by atoms with E-state index in [1.54, 1.807) is 6.07 Å². The molecule has 3 aromatic rings. The van der Waals surface area contributed by atoms with Gasteiger partial charge in [0.25, 0.3) is 5.56 Å². The zero-order valence-corrected chi connectivity index (χ0v) is 18.0. The van der Waals surface area contributed by atoms with Crippen LogP contribution in [0.3, 0.4) is 0 Å². The second-order valence-electron chi connectivity index (χ2n) is 7.83. The van der Waals surface area contributed by atoms with Gasteiger partial charge in [-0.05, 0) is 29.2 Å². The standard InChI is InChI=1S/C21H26N6O2S/c1-13(2)15-7-14(9-17(28)12-22)8-16(10-15)20-25-27-19(29)11-18(24-21(27)30-20)26-5-3-23-4-6-26/h7-8,10-11,13,23H,3-6,9,12,22H2,1-2H3. The number of nitrogens with zero attached hydrogens (tertiary/aromatic N) is 4. The van der Waals surface area contributed by atoms with Crippen molar-refractivity contribution in [3.05, 3.63) is 45.7 Å². The molecular formula is C21H26N6O2S. The second kappa shape index (κ2) is 8.63. The molecule has 1 aliphatic heterocycles. The summed E-state index contributed by atoms with van der Waals surface area (Å²) < 4.78 is 1.36. The summed E-state index contributed by atoms with van der Waals surface area (Å²) in [6.45, 7) is 7.64. The van der Waals surface area contributed by atoms with Gasteiger partial charge in [0.1, 0.15) is 10.8 Å². The second-order valence-corrected chi connectivity index (χ2v) is 8.78. The zero-order chi connectivity index (χ0) is 21.3. The van der Waals surface area contributed by atoms with Crippen LogP contribution in [0.15, 0.2) is 29.1 Å². The maximum atomic E-state index is 12.7. The molecule has 9 heteroatoms. The van der Waals surface area contributed by atoms with Gasteiger partial charge < -0.3 is 16.0 Å². The molecule has 0 radical (unpaired) electrons. The fourth-order valence-corrected chi connectivity index (χ4v) is 4.44. The fourth-order valence-electron chi connectivity index (χ4n) is 3.55. The van der Waals surface area contributed by atoms with Gasteiger partial charge in [-0.3, -0.25) is 9.59 Å². The third-order valence-corrected chi connectivity index (χ3v) is 6.19. The number of aromatic nitrogens is 3. The van der Waals surface area contributed by atoms with Crippen molar-refractivity contribution in [3.63, 3.8) is 0 Å². The molecule has 1 aliphatic rings. The Hall–Kier alpha value is -2.62. The van der Waals surface area contributed by atoms with E-state index in [-0.39, 0.29) is 17.9 Å². The highest BCUT2D eigenvalue weighted by Crippen LogP contribution is 2.29. The third-order valence-electron chi connectivity index (χ3n) is 5.23. The molecule has 0 spiro atoms. The minimum absolute atomic E-state index is 0.00953. The summed E-state index contributed by atoms with van der Waals surface area (Å²) in [6.07, 6.45) is 0.292. The van der Waals surface area contributed by atoms with E-state index < -0.39 is 0 Å². The van der Waals surface area contributed by atoms with Crippen molar-refractivity contribution in [2.24, 2.45) is 5.73 Å². The van der Waals surface area contributed by atoms with Crippen molar-refractivity contribution in [2.45, 2.75) is 26.2 Å². The Kier molecular flexibility index (Phi) is 5.94. The first-order chi connectivity index (χ1) is 14.4. The van der Waals surface area contributed by atoms with E-state index in [2.05, 4.69) is 35.2 Å². The minimum Gasteiger partial charge on any atom is -0.354 e. The van der Waals surface area contributed by atoms with Crippen molar-refractivity contribution in [1.29, 1.82) is 0 Å². The number of rotatable bonds is 6. The van der Waals surface area contributed by atoms with E-state index in [0.717, 1.165) is 42.9 Å². The number of benzene rings is 1. The number of fused-ring (bicyclic) bond motifs is 1. The Morgan fingerprint density at radius 3 is 2.70 bits per heavy atom. The molecule has 0 saturated carbocycles. The van der Waals surface area contributed by atoms with E-state index in [4.69, 9.17) is 10.7 Å². The van der Waals surface area contributed by atoms with Crippen LogP contribution in [-0.2, 0) is 11.2 Å². The lowest BCUT2D eigenvalue weighted by molar-refractivity contribution is -0.117. The average Bonchev–Trinajstić information content (AvgIpc) is 3.19. The van der Waals surface area contributed by atoms with E-state index in [9.17, 15) is 9.59 Å². The number of nitrogens with one attached hydrogen (secondary N) is 1.